The minimum absolute atomic E-state index is 0.781. The second-order valence-electron chi connectivity index (χ2n) is 2.57. The Hall–Kier alpha value is -1.24. The van der Waals surface area contributed by atoms with Gasteiger partial charge in [-0.15, -0.1) is 0 Å². The average Bonchev–Trinajstić information content (AvgIpc) is 1.95. The molecule has 0 atom stereocenters. The third kappa shape index (κ3) is 1.84. The number of hydrogen-bond donors (Lipinski definition) is 1. The smallest absolute Gasteiger partial charge is 0.0320 e. The molecule has 1 aromatic carbocycles. The Labute approximate surface area is 66.9 Å². The lowest BCUT2D eigenvalue weighted by atomic mass is 10.2. The van der Waals surface area contributed by atoms with Gasteiger partial charge in [0.25, 0.3) is 0 Å². The number of benzene rings is 1. The molecule has 0 spiro atoms. The molecule has 0 aliphatic carbocycles. The van der Waals surface area contributed by atoms with E-state index in [1.54, 1.807) is 0 Å². The van der Waals surface area contributed by atoms with E-state index in [9.17, 15) is 0 Å². The molecule has 0 radical (unpaired) electrons. The number of nitrogens with two attached hydrogens (primary N) is 1. The van der Waals surface area contributed by atoms with Gasteiger partial charge in [0.1, 0.15) is 0 Å². The summed E-state index contributed by atoms with van der Waals surface area (Å²) < 4.78 is 0. The van der Waals surface area contributed by atoms with Gasteiger partial charge in [-0.05, 0) is 29.0 Å². The molecule has 1 nitrogen and oxygen atoms in total. The summed E-state index contributed by atoms with van der Waals surface area (Å²) in [6, 6.07) is 5.79. The van der Waals surface area contributed by atoms with Crippen molar-refractivity contribution in [3.05, 3.63) is 28.6 Å². The topological polar surface area (TPSA) is 26.0 Å². The standard InChI is InChI=1S/C10H13N/c1-3-4-9-5-6-10(11)7-8(9)2/h4-7H,2-3,11H2,1H3/b9-4-. The molecule has 1 heteroatoms. The highest BCUT2D eigenvalue weighted by Crippen LogP contribution is 1.89. The first-order chi connectivity index (χ1) is 5.24. The number of nitrogen functional groups attached to an aromatic ring is 1. The summed E-state index contributed by atoms with van der Waals surface area (Å²) >= 11 is 0. The molecular formula is C10H13N. The minimum Gasteiger partial charge on any atom is -0.399 e. The summed E-state index contributed by atoms with van der Waals surface area (Å²) in [5.74, 6) is 0. The van der Waals surface area contributed by atoms with Crippen molar-refractivity contribution in [2.75, 3.05) is 5.73 Å². The van der Waals surface area contributed by atoms with Crippen molar-refractivity contribution >= 4 is 18.3 Å². The predicted octanol–water partition coefficient (Wildman–Crippen LogP) is 0.870. The fourth-order valence-corrected chi connectivity index (χ4v) is 1.04. The number of anilines is 1. The van der Waals surface area contributed by atoms with Crippen molar-refractivity contribution in [2.24, 2.45) is 0 Å². The Morgan fingerprint density at radius 3 is 2.82 bits per heavy atom. The molecular weight excluding hydrogens is 134 g/mol. The van der Waals surface area contributed by atoms with Crippen LogP contribution in [-0.2, 0) is 0 Å². The van der Waals surface area contributed by atoms with Crippen molar-refractivity contribution in [1.82, 2.24) is 0 Å². The van der Waals surface area contributed by atoms with E-state index in [0.29, 0.717) is 0 Å². The molecule has 1 rings (SSSR count). The van der Waals surface area contributed by atoms with Crippen molar-refractivity contribution < 1.29 is 0 Å². The van der Waals surface area contributed by atoms with E-state index in [2.05, 4.69) is 19.6 Å². The summed E-state index contributed by atoms with van der Waals surface area (Å²) in [4.78, 5) is 0. The summed E-state index contributed by atoms with van der Waals surface area (Å²) in [7, 11) is 0. The quantitative estimate of drug-likeness (QED) is 0.586. The van der Waals surface area contributed by atoms with E-state index in [1.165, 1.54) is 5.22 Å². The van der Waals surface area contributed by atoms with E-state index < -0.39 is 0 Å². The molecule has 11 heavy (non-hydrogen) atoms. The van der Waals surface area contributed by atoms with Crippen molar-refractivity contribution in [2.45, 2.75) is 13.3 Å². The SMILES string of the molecule is C=c1cc(N)cc/c1=C/CC. The van der Waals surface area contributed by atoms with Gasteiger partial charge in [0.05, 0.1) is 0 Å². The van der Waals surface area contributed by atoms with E-state index in [4.69, 9.17) is 5.73 Å². The highest BCUT2D eigenvalue weighted by molar-refractivity contribution is 5.40. The maximum atomic E-state index is 5.57. The Balaban J connectivity index is 3.32. The zero-order valence-corrected chi connectivity index (χ0v) is 6.80. The number of rotatable bonds is 1. The third-order valence-electron chi connectivity index (χ3n) is 1.59. The minimum atomic E-state index is 0.781. The highest BCUT2D eigenvalue weighted by atomic mass is 14.5. The number of hydrogen-bond acceptors (Lipinski definition) is 1. The van der Waals surface area contributed by atoms with Crippen LogP contribution in [0.15, 0.2) is 18.2 Å². The molecule has 1 aromatic rings. The van der Waals surface area contributed by atoms with Gasteiger partial charge in [0, 0.05) is 5.69 Å². The van der Waals surface area contributed by atoms with Crippen LogP contribution in [0.2, 0.25) is 0 Å². The first kappa shape index (κ1) is 7.86. The summed E-state index contributed by atoms with van der Waals surface area (Å²) in [6.07, 6.45) is 3.17. The molecule has 0 bridgehead atoms. The van der Waals surface area contributed by atoms with Crippen LogP contribution in [0, 0.1) is 0 Å². The summed E-state index contributed by atoms with van der Waals surface area (Å²) in [6.45, 7) is 6.00. The molecule has 0 aliphatic heterocycles. The molecule has 0 saturated heterocycles. The third-order valence-corrected chi connectivity index (χ3v) is 1.59. The zero-order chi connectivity index (χ0) is 8.27. The summed E-state index contributed by atoms with van der Waals surface area (Å²) in [5.41, 5.74) is 6.35. The summed E-state index contributed by atoms with van der Waals surface area (Å²) in [5, 5.41) is 2.19. The molecule has 0 unspecified atom stereocenters. The van der Waals surface area contributed by atoms with Gasteiger partial charge in [-0.3, -0.25) is 0 Å². The first-order valence-corrected chi connectivity index (χ1v) is 3.78. The maximum Gasteiger partial charge on any atom is 0.0320 e. The molecule has 0 aromatic heterocycles. The molecule has 0 amide bonds. The van der Waals surface area contributed by atoms with Gasteiger partial charge >= 0.3 is 0 Å². The van der Waals surface area contributed by atoms with E-state index in [1.807, 2.05) is 18.2 Å². The Morgan fingerprint density at radius 1 is 1.55 bits per heavy atom. The van der Waals surface area contributed by atoms with E-state index >= 15 is 0 Å². The zero-order valence-electron chi connectivity index (χ0n) is 6.80. The first-order valence-electron chi connectivity index (χ1n) is 3.78. The molecule has 0 aliphatic rings. The van der Waals surface area contributed by atoms with Crippen molar-refractivity contribution in [3.8, 4) is 0 Å². The van der Waals surface area contributed by atoms with Crippen molar-refractivity contribution in [1.29, 1.82) is 0 Å². The largest absolute Gasteiger partial charge is 0.399 e. The van der Waals surface area contributed by atoms with Gasteiger partial charge in [0.15, 0.2) is 0 Å². The van der Waals surface area contributed by atoms with Gasteiger partial charge in [-0.2, -0.15) is 0 Å². The van der Waals surface area contributed by atoms with Crippen LogP contribution in [-0.4, -0.2) is 0 Å². The van der Waals surface area contributed by atoms with Crippen LogP contribution in [0.4, 0.5) is 5.69 Å². The van der Waals surface area contributed by atoms with Crippen molar-refractivity contribution in [3.63, 3.8) is 0 Å². The van der Waals surface area contributed by atoms with Gasteiger partial charge in [-0.1, -0.05) is 25.6 Å². The maximum absolute atomic E-state index is 5.57. The Kier molecular flexibility index (Phi) is 2.32. The molecule has 0 heterocycles. The lowest BCUT2D eigenvalue weighted by molar-refractivity contribution is 1.28. The van der Waals surface area contributed by atoms with Crippen LogP contribution >= 0.6 is 0 Å². The molecule has 0 saturated carbocycles. The monoisotopic (exact) mass is 147 g/mol. The highest BCUT2D eigenvalue weighted by Gasteiger charge is 1.83. The normalized spacial score (nSPS) is 11.9. The van der Waals surface area contributed by atoms with Gasteiger partial charge in [-0.25, -0.2) is 0 Å². The van der Waals surface area contributed by atoms with Gasteiger partial charge < -0.3 is 5.73 Å². The molecule has 58 valence electrons. The van der Waals surface area contributed by atoms with Crippen LogP contribution in [0.3, 0.4) is 0 Å². The fraction of sp³-hybridized carbons (Fsp3) is 0.200. The van der Waals surface area contributed by atoms with E-state index in [-0.39, 0.29) is 0 Å². The lowest BCUT2D eigenvalue weighted by Gasteiger charge is -1.91. The second kappa shape index (κ2) is 3.24. The van der Waals surface area contributed by atoms with E-state index in [0.717, 1.165) is 17.3 Å². The Morgan fingerprint density at radius 2 is 2.27 bits per heavy atom. The Bertz CT molecular complexity index is 338. The van der Waals surface area contributed by atoms with Crippen LogP contribution < -0.4 is 16.2 Å². The fourth-order valence-electron chi connectivity index (χ4n) is 1.04. The van der Waals surface area contributed by atoms with Crippen LogP contribution in [0.5, 0.6) is 0 Å². The molecule has 2 N–H and O–H groups in total. The second-order valence-corrected chi connectivity index (χ2v) is 2.57. The lowest BCUT2D eigenvalue weighted by Crippen LogP contribution is -2.22. The average molecular weight is 147 g/mol. The van der Waals surface area contributed by atoms with Crippen LogP contribution in [0.25, 0.3) is 12.7 Å². The van der Waals surface area contributed by atoms with Gasteiger partial charge in [0.2, 0.25) is 0 Å². The molecule has 0 fully saturated rings. The predicted molar refractivity (Wildman–Crippen MR) is 50.4 cm³/mol. The van der Waals surface area contributed by atoms with Crippen LogP contribution in [0.1, 0.15) is 13.3 Å².